The van der Waals surface area contributed by atoms with Crippen LogP contribution in [-0.4, -0.2) is 22.9 Å². The van der Waals surface area contributed by atoms with Crippen LogP contribution < -0.4 is 0 Å². The van der Waals surface area contributed by atoms with Crippen LogP contribution >= 0.6 is 11.3 Å². The average Bonchev–Trinajstić information content (AvgIpc) is 2.65. The van der Waals surface area contributed by atoms with E-state index < -0.39 is 12.2 Å². The van der Waals surface area contributed by atoms with Crippen molar-refractivity contribution in [2.24, 2.45) is 5.11 Å². The van der Waals surface area contributed by atoms with Gasteiger partial charge in [0.25, 0.3) is 0 Å². The van der Waals surface area contributed by atoms with Gasteiger partial charge in [-0.1, -0.05) is 11.2 Å². The fourth-order valence-electron chi connectivity index (χ4n) is 0.869. The molecule has 0 saturated carbocycles. The zero-order valence-corrected chi connectivity index (χ0v) is 11.0. The van der Waals surface area contributed by atoms with Crippen molar-refractivity contribution in [3.8, 4) is 0 Å². The molecule has 0 aliphatic rings. The molecule has 1 radical (unpaired) electrons. The third kappa shape index (κ3) is 4.04. The minimum atomic E-state index is -1.03. The molecule has 1 rings (SSSR count). The van der Waals surface area contributed by atoms with Crippen molar-refractivity contribution in [2.45, 2.75) is 12.2 Å². The molecule has 2 N–H and O–H groups in total. The summed E-state index contributed by atoms with van der Waals surface area (Å²) >= 11 is 1.35. The van der Waals surface area contributed by atoms with Crippen molar-refractivity contribution < 1.29 is 42.9 Å². The second-order valence-corrected chi connectivity index (χ2v) is 3.42. The van der Waals surface area contributed by atoms with Gasteiger partial charge in [0, 0.05) is 42.5 Å². The average molecular weight is 288 g/mol. The maximum absolute atomic E-state index is 9.48. The molecule has 7 heteroatoms. The summed E-state index contributed by atoms with van der Waals surface area (Å²) in [4.78, 5) is 3.16. The zero-order chi connectivity index (χ0) is 9.68. The first kappa shape index (κ1) is 14.0. The van der Waals surface area contributed by atoms with Gasteiger partial charge in [0.1, 0.15) is 6.10 Å². The summed E-state index contributed by atoms with van der Waals surface area (Å²) < 4.78 is 0. The van der Waals surface area contributed by atoms with Crippen LogP contribution in [0.15, 0.2) is 22.6 Å². The largest absolute Gasteiger partial charge is 0.390 e. The predicted octanol–water partition coefficient (Wildman–Crippen LogP) is 1.45. The van der Waals surface area contributed by atoms with Gasteiger partial charge in [-0.05, 0) is 17.0 Å². The summed E-state index contributed by atoms with van der Waals surface area (Å²) in [5.74, 6) is 0. The summed E-state index contributed by atoms with van der Waals surface area (Å²) in [5.41, 5.74) is 8.00. The Morgan fingerprint density at radius 2 is 2.29 bits per heavy atom. The Kier molecular flexibility index (Phi) is 7.36. The predicted molar refractivity (Wildman–Crippen MR) is 49.3 cm³/mol. The molecular weight excluding hydrogens is 279 g/mol. The van der Waals surface area contributed by atoms with E-state index >= 15 is 0 Å². The van der Waals surface area contributed by atoms with Crippen molar-refractivity contribution in [3.63, 3.8) is 0 Å². The van der Waals surface area contributed by atoms with Crippen molar-refractivity contribution in [3.05, 3.63) is 32.8 Å². The number of hydrogen-bond donors (Lipinski definition) is 2. The number of rotatable bonds is 4. The van der Waals surface area contributed by atoms with Crippen LogP contribution in [-0.2, 0) is 32.7 Å². The SMILES string of the molecule is [N-]=[N+]=NCC(O)C(O)c1cccs1.[Y]. The van der Waals surface area contributed by atoms with Gasteiger partial charge in [-0.25, -0.2) is 0 Å². The second-order valence-electron chi connectivity index (χ2n) is 2.44. The minimum Gasteiger partial charge on any atom is -0.390 e. The zero-order valence-electron chi connectivity index (χ0n) is 7.32. The molecule has 5 nitrogen and oxygen atoms in total. The monoisotopic (exact) mass is 288 g/mol. The molecular formula is C7H9N3O2SY. The molecule has 0 saturated heterocycles. The maximum atomic E-state index is 9.48. The maximum Gasteiger partial charge on any atom is 0.114 e. The second kappa shape index (κ2) is 7.34. The summed E-state index contributed by atoms with van der Waals surface area (Å²) in [6.45, 7) is -0.116. The first-order valence-electron chi connectivity index (χ1n) is 3.66. The molecule has 1 aromatic rings. The van der Waals surface area contributed by atoms with E-state index in [1.54, 1.807) is 17.5 Å². The van der Waals surface area contributed by atoms with Gasteiger partial charge in [0.05, 0.1) is 12.6 Å². The summed E-state index contributed by atoms with van der Waals surface area (Å²) in [6, 6.07) is 3.50. The minimum absolute atomic E-state index is 0. The smallest absolute Gasteiger partial charge is 0.114 e. The van der Waals surface area contributed by atoms with Gasteiger partial charge in [-0.3, -0.25) is 0 Å². The van der Waals surface area contributed by atoms with E-state index in [0.717, 1.165) is 0 Å². The standard InChI is InChI=1S/C7H9N3O2S.Y/c8-10-9-4-5(11)7(12)6-2-1-3-13-6;/h1-3,5,7,11-12H,4H2;. The van der Waals surface area contributed by atoms with Crippen molar-refractivity contribution >= 4 is 11.3 Å². The normalized spacial score (nSPS) is 13.6. The number of aliphatic hydroxyl groups is 2. The van der Waals surface area contributed by atoms with Gasteiger partial charge in [-0.15, -0.1) is 11.3 Å². The Labute approximate surface area is 110 Å². The Morgan fingerprint density at radius 3 is 2.79 bits per heavy atom. The van der Waals surface area contributed by atoms with E-state index in [1.807, 2.05) is 0 Å². The van der Waals surface area contributed by atoms with Crippen LogP contribution in [0.4, 0.5) is 0 Å². The van der Waals surface area contributed by atoms with E-state index in [1.165, 1.54) is 11.3 Å². The van der Waals surface area contributed by atoms with E-state index in [4.69, 9.17) is 5.53 Å². The van der Waals surface area contributed by atoms with Gasteiger partial charge in [-0.2, -0.15) is 0 Å². The molecule has 0 bridgehead atoms. The van der Waals surface area contributed by atoms with Crippen molar-refractivity contribution in [2.75, 3.05) is 6.54 Å². The third-order valence-electron chi connectivity index (χ3n) is 1.53. The first-order chi connectivity index (χ1) is 6.25. The quantitative estimate of drug-likeness (QED) is 0.499. The van der Waals surface area contributed by atoms with Crippen LogP contribution in [0.5, 0.6) is 0 Å². The van der Waals surface area contributed by atoms with E-state index in [-0.39, 0.29) is 39.3 Å². The van der Waals surface area contributed by atoms with Gasteiger partial charge >= 0.3 is 0 Å². The molecule has 2 atom stereocenters. The molecule has 0 spiro atoms. The molecule has 14 heavy (non-hydrogen) atoms. The molecule has 0 aliphatic carbocycles. The van der Waals surface area contributed by atoms with Crippen molar-refractivity contribution in [1.82, 2.24) is 0 Å². The number of thiophene rings is 1. The molecule has 0 aromatic carbocycles. The Hall–Kier alpha value is 0.0339. The van der Waals surface area contributed by atoms with Crippen LogP contribution in [0.1, 0.15) is 11.0 Å². The third-order valence-corrected chi connectivity index (χ3v) is 2.47. The molecule has 73 valence electrons. The number of azide groups is 1. The summed E-state index contributed by atoms with van der Waals surface area (Å²) in [5, 5.41) is 23.8. The van der Waals surface area contributed by atoms with E-state index in [0.29, 0.717) is 4.88 Å². The van der Waals surface area contributed by atoms with Crippen LogP contribution in [0.25, 0.3) is 10.4 Å². The Balaban J connectivity index is 0.00000169. The van der Waals surface area contributed by atoms with E-state index in [9.17, 15) is 10.2 Å². The van der Waals surface area contributed by atoms with Crippen molar-refractivity contribution in [1.29, 1.82) is 0 Å². The molecule has 1 heterocycles. The fourth-order valence-corrected chi connectivity index (χ4v) is 1.64. The summed E-state index contributed by atoms with van der Waals surface area (Å²) in [6.07, 6.45) is -2.00. The van der Waals surface area contributed by atoms with Crippen LogP contribution in [0.3, 0.4) is 0 Å². The molecule has 0 aliphatic heterocycles. The number of nitrogens with zero attached hydrogens (tertiary/aromatic N) is 3. The molecule has 1 aromatic heterocycles. The summed E-state index contributed by atoms with van der Waals surface area (Å²) in [7, 11) is 0. The van der Waals surface area contributed by atoms with Gasteiger partial charge in [0.15, 0.2) is 0 Å². The van der Waals surface area contributed by atoms with Crippen LogP contribution in [0, 0.1) is 0 Å². The topological polar surface area (TPSA) is 89.2 Å². The number of aliphatic hydroxyl groups excluding tert-OH is 2. The Bertz CT molecular complexity index is 300. The molecule has 0 amide bonds. The Morgan fingerprint density at radius 1 is 1.57 bits per heavy atom. The van der Waals surface area contributed by atoms with Gasteiger partial charge < -0.3 is 10.2 Å². The fraction of sp³-hybridized carbons (Fsp3) is 0.429. The van der Waals surface area contributed by atoms with E-state index in [2.05, 4.69) is 10.0 Å². The number of hydrogen-bond acceptors (Lipinski definition) is 4. The molecule has 0 fully saturated rings. The molecule has 2 unspecified atom stereocenters. The van der Waals surface area contributed by atoms with Crippen LogP contribution in [0.2, 0.25) is 0 Å². The van der Waals surface area contributed by atoms with Gasteiger partial charge in [0.2, 0.25) is 0 Å². The first-order valence-corrected chi connectivity index (χ1v) is 4.54.